The topological polar surface area (TPSA) is 41.8 Å². The first-order chi connectivity index (χ1) is 10.8. The lowest BCUT2D eigenvalue weighted by Gasteiger charge is -2.20. The summed E-state index contributed by atoms with van der Waals surface area (Å²) in [5, 5.41) is 8.53. The van der Waals surface area contributed by atoms with Crippen LogP contribution >= 0.6 is 0 Å². The first kappa shape index (κ1) is 14.6. The van der Waals surface area contributed by atoms with E-state index in [9.17, 15) is 4.79 Å². The van der Waals surface area contributed by atoms with E-state index in [2.05, 4.69) is 10.2 Å². The lowest BCUT2D eigenvalue weighted by atomic mass is 9.83. The highest BCUT2D eigenvalue weighted by molar-refractivity contribution is 6.02. The molecule has 1 fully saturated rings. The minimum atomic E-state index is 0.154. The molecule has 3 heteroatoms. The van der Waals surface area contributed by atoms with Crippen LogP contribution in [0.15, 0.2) is 64.8 Å². The van der Waals surface area contributed by atoms with E-state index in [0.29, 0.717) is 11.3 Å². The van der Waals surface area contributed by atoms with E-state index in [0.717, 1.165) is 31.4 Å². The molecule has 0 aromatic heterocycles. The Hall–Kier alpha value is -2.29. The van der Waals surface area contributed by atoms with Crippen molar-refractivity contribution >= 4 is 17.2 Å². The molecule has 3 nitrogen and oxygen atoms in total. The first-order valence-electron chi connectivity index (χ1n) is 7.94. The second-order valence-electron chi connectivity index (χ2n) is 5.75. The van der Waals surface area contributed by atoms with E-state index in [-0.39, 0.29) is 11.7 Å². The molecule has 0 unspecified atom stereocenters. The van der Waals surface area contributed by atoms with Gasteiger partial charge in [-0.15, -0.1) is 5.11 Å². The van der Waals surface area contributed by atoms with Crippen molar-refractivity contribution in [3.05, 3.63) is 60.2 Å². The summed E-state index contributed by atoms with van der Waals surface area (Å²) in [6.07, 6.45) is 5.57. The highest BCUT2D eigenvalue weighted by Gasteiger charge is 2.24. The van der Waals surface area contributed by atoms with Gasteiger partial charge in [0.05, 0.1) is 11.4 Å². The van der Waals surface area contributed by atoms with Gasteiger partial charge in [0.25, 0.3) is 0 Å². The molecular weight excluding hydrogens is 272 g/mol. The third kappa shape index (κ3) is 3.48. The molecule has 0 radical (unpaired) electrons. The summed E-state index contributed by atoms with van der Waals surface area (Å²) in [7, 11) is 0. The minimum absolute atomic E-state index is 0.154. The summed E-state index contributed by atoms with van der Waals surface area (Å²) in [4.78, 5) is 12.7. The molecule has 1 aliphatic carbocycles. The number of rotatable bonds is 4. The fraction of sp³-hybridized carbons (Fsp3) is 0.316. The Labute approximate surface area is 131 Å². The van der Waals surface area contributed by atoms with Gasteiger partial charge in [0.15, 0.2) is 5.78 Å². The van der Waals surface area contributed by atoms with Crippen LogP contribution < -0.4 is 0 Å². The number of azo groups is 1. The van der Waals surface area contributed by atoms with E-state index < -0.39 is 0 Å². The number of hydrogen-bond acceptors (Lipinski definition) is 3. The number of carbonyl (C=O) groups is 1. The Morgan fingerprint density at radius 2 is 1.50 bits per heavy atom. The molecule has 1 aliphatic rings. The van der Waals surface area contributed by atoms with E-state index in [4.69, 9.17) is 0 Å². The van der Waals surface area contributed by atoms with E-state index >= 15 is 0 Å². The number of nitrogens with zero attached hydrogens (tertiary/aromatic N) is 2. The Bertz CT molecular complexity index is 658. The molecule has 0 bridgehead atoms. The summed E-state index contributed by atoms with van der Waals surface area (Å²) in [5.74, 6) is 0.379. The van der Waals surface area contributed by atoms with Gasteiger partial charge >= 0.3 is 0 Å². The van der Waals surface area contributed by atoms with Crippen LogP contribution in [0.25, 0.3) is 0 Å². The molecule has 0 saturated heterocycles. The molecule has 2 aromatic rings. The quantitative estimate of drug-likeness (QED) is 0.513. The van der Waals surface area contributed by atoms with Crippen molar-refractivity contribution < 1.29 is 4.79 Å². The third-order valence-corrected chi connectivity index (χ3v) is 4.17. The van der Waals surface area contributed by atoms with Crippen molar-refractivity contribution in [2.75, 3.05) is 0 Å². The van der Waals surface area contributed by atoms with E-state index in [1.54, 1.807) is 0 Å². The highest BCUT2D eigenvalue weighted by Crippen LogP contribution is 2.31. The summed E-state index contributed by atoms with van der Waals surface area (Å²) < 4.78 is 0. The molecular formula is C19H20N2O. The fourth-order valence-electron chi connectivity index (χ4n) is 2.96. The Morgan fingerprint density at radius 1 is 0.818 bits per heavy atom. The molecule has 0 heterocycles. The summed E-state index contributed by atoms with van der Waals surface area (Å²) in [6.45, 7) is 0. The molecule has 3 rings (SSSR count). The average Bonchev–Trinajstić information content (AvgIpc) is 2.61. The van der Waals surface area contributed by atoms with Crippen LogP contribution in [0.2, 0.25) is 0 Å². The van der Waals surface area contributed by atoms with Crippen molar-refractivity contribution in [2.24, 2.45) is 16.1 Å². The summed E-state index contributed by atoms with van der Waals surface area (Å²) in [6, 6.07) is 17.1. The monoisotopic (exact) mass is 292 g/mol. The van der Waals surface area contributed by atoms with Gasteiger partial charge in [-0.2, -0.15) is 5.11 Å². The number of carbonyl (C=O) groups excluding carboxylic acids is 1. The Balaban J connectivity index is 1.83. The summed E-state index contributed by atoms with van der Waals surface area (Å²) in [5.41, 5.74) is 2.17. The van der Waals surface area contributed by atoms with Crippen LogP contribution in [0.5, 0.6) is 0 Å². The van der Waals surface area contributed by atoms with Crippen molar-refractivity contribution in [1.29, 1.82) is 0 Å². The van der Waals surface area contributed by atoms with Gasteiger partial charge in [-0.1, -0.05) is 49.6 Å². The molecule has 1 saturated carbocycles. The predicted molar refractivity (Wildman–Crippen MR) is 88.0 cm³/mol. The van der Waals surface area contributed by atoms with Gasteiger partial charge in [0, 0.05) is 11.5 Å². The van der Waals surface area contributed by atoms with Crippen molar-refractivity contribution in [3.8, 4) is 0 Å². The minimum Gasteiger partial charge on any atom is -0.294 e. The van der Waals surface area contributed by atoms with Gasteiger partial charge in [-0.25, -0.2) is 0 Å². The van der Waals surface area contributed by atoms with Crippen molar-refractivity contribution in [2.45, 2.75) is 32.1 Å². The number of ketones is 1. The molecule has 22 heavy (non-hydrogen) atoms. The van der Waals surface area contributed by atoms with Gasteiger partial charge in [-0.3, -0.25) is 4.79 Å². The second-order valence-corrected chi connectivity index (χ2v) is 5.75. The molecule has 112 valence electrons. The van der Waals surface area contributed by atoms with Crippen molar-refractivity contribution in [3.63, 3.8) is 0 Å². The Morgan fingerprint density at radius 3 is 2.27 bits per heavy atom. The third-order valence-electron chi connectivity index (χ3n) is 4.17. The summed E-state index contributed by atoms with van der Waals surface area (Å²) >= 11 is 0. The lowest BCUT2D eigenvalue weighted by molar-refractivity contribution is 0.0890. The number of benzene rings is 2. The highest BCUT2D eigenvalue weighted by atomic mass is 16.1. The SMILES string of the molecule is O=C(c1ccccc1N=Nc1ccccc1)C1CCCCC1. The van der Waals surface area contributed by atoms with Gasteiger partial charge in [-0.05, 0) is 37.1 Å². The lowest BCUT2D eigenvalue weighted by Crippen LogP contribution is -2.17. The van der Waals surface area contributed by atoms with E-state index in [1.165, 1.54) is 6.42 Å². The maximum Gasteiger partial charge on any atom is 0.168 e. The fourth-order valence-corrected chi connectivity index (χ4v) is 2.96. The van der Waals surface area contributed by atoms with Crippen LogP contribution in [-0.4, -0.2) is 5.78 Å². The zero-order valence-electron chi connectivity index (χ0n) is 12.6. The Kier molecular flexibility index (Phi) is 4.74. The van der Waals surface area contributed by atoms with Gasteiger partial charge in [0.1, 0.15) is 0 Å². The normalized spacial score (nSPS) is 16.0. The smallest absolute Gasteiger partial charge is 0.168 e. The number of Topliss-reactive ketones (excluding diaryl/α,β-unsaturated/α-hetero) is 1. The van der Waals surface area contributed by atoms with Crippen LogP contribution in [-0.2, 0) is 0 Å². The maximum atomic E-state index is 12.7. The standard InChI is InChI=1S/C19H20N2O/c22-19(15-9-3-1-4-10-15)17-13-7-8-14-18(17)21-20-16-11-5-2-6-12-16/h2,5-8,11-15H,1,3-4,9-10H2. The van der Waals surface area contributed by atoms with Crippen molar-refractivity contribution in [1.82, 2.24) is 0 Å². The molecule has 0 aliphatic heterocycles. The first-order valence-corrected chi connectivity index (χ1v) is 7.94. The van der Waals surface area contributed by atoms with Gasteiger partial charge in [0.2, 0.25) is 0 Å². The molecule has 0 atom stereocenters. The van der Waals surface area contributed by atoms with Gasteiger partial charge < -0.3 is 0 Å². The van der Waals surface area contributed by atoms with E-state index in [1.807, 2.05) is 54.6 Å². The average molecular weight is 292 g/mol. The van der Waals surface area contributed by atoms with Crippen LogP contribution in [0.1, 0.15) is 42.5 Å². The molecule has 0 N–H and O–H groups in total. The second kappa shape index (κ2) is 7.12. The molecule has 0 amide bonds. The van der Waals surface area contributed by atoms with Crippen LogP contribution in [0.4, 0.5) is 11.4 Å². The molecule has 0 spiro atoms. The predicted octanol–water partition coefficient (Wildman–Crippen LogP) is 5.87. The van der Waals surface area contributed by atoms with Crippen LogP contribution in [0.3, 0.4) is 0 Å². The van der Waals surface area contributed by atoms with Crippen LogP contribution in [0, 0.1) is 5.92 Å². The molecule has 2 aromatic carbocycles. The maximum absolute atomic E-state index is 12.7. The zero-order valence-corrected chi connectivity index (χ0v) is 12.6. The number of hydrogen-bond donors (Lipinski definition) is 0. The zero-order chi connectivity index (χ0) is 15.2. The largest absolute Gasteiger partial charge is 0.294 e.